The van der Waals surface area contributed by atoms with Gasteiger partial charge in [0.15, 0.2) is 0 Å². The Labute approximate surface area is 47.3 Å². The van der Waals surface area contributed by atoms with Gasteiger partial charge in [0.1, 0.15) is 5.75 Å². The Morgan fingerprint density at radius 2 is 2.29 bits per heavy atom. The van der Waals surface area contributed by atoms with Crippen molar-refractivity contribution in [2.45, 2.75) is 12.8 Å². The minimum atomic E-state index is -0.533. The van der Waals surface area contributed by atoms with Crippen LogP contribution < -0.4 is 0 Å². The molecule has 0 bridgehead atoms. The van der Waals surface area contributed by atoms with Crippen LogP contribution in [0.5, 0.6) is 0 Å². The Kier molecular flexibility index (Phi) is 1.60. The minimum absolute atomic E-state index is 0.533. The van der Waals surface area contributed by atoms with E-state index in [1.165, 1.54) is 12.8 Å². The zero-order chi connectivity index (χ0) is 5.28. The zero-order valence-corrected chi connectivity index (χ0v) is 5.33. The van der Waals surface area contributed by atoms with Crippen LogP contribution in [0.15, 0.2) is 0 Å². The third-order valence-electron chi connectivity index (χ3n) is 1.17. The lowest BCUT2D eigenvalue weighted by Gasteiger charge is -2.00. The van der Waals surface area contributed by atoms with E-state index in [1.807, 2.05) is 0 Å². The molecule has 7 heavy (non-hydrogen) atoms. The second-order valence-electron chi connectivity index (χ2n) is 2.18. The first-order valence-corrected chi connectivity index (χ1v) is 4.32. The summed E-state index contributed by atoms with van der Waals surface area (Å²) in [6, 6.07) is 0. The van der Waals surface area contributed by atoms with Crippen molar-refractivity contribution in [2.24, 2.45) is 5.92 Å². The molecule has 1 atom stereocenters. The van der Waals surface area contributed by atoms with Gasteiger partial charge >= 0.3 is 0 Å². The van der Waals surface area contributed by atoms with Crippen molar-refractivity contribution in [3.05, 3.63) is 0 Å². The van der Waals surface area contributed by atoms with Gasteiger partial charge in [0.2, 0.25) is 0 Å². The molecule has 42 valence electrons. The van der Waals surface area contributed by atoms with Crippen LogP contribution in [-0.4, -0.2) is 16.6 Å². The summed E-state index contributed by atoms with van der Waals surface area (Å²) in [5.74, 6) is 1.77. The summed E-state index contributed by atoms with van der Waals surface area (Å²) >= 11 is -0.533. The van der Waals surface area contributed by atoms with Gasteiger partial charge in [-0.15, -0.1) is 0 Å². The number of rotatable bonds is 2. The van der Waals surface area contributed by atoms with Gasteiger partial charge in [-0.1, -0.05) is 11.2 Å². The lowest BCUT2D eigenvalue weighted by Crippen LogP contribution is -2.03. The van der Waals surface area contributed by atoms with Crippen LogP contribution in [0.3, 0.4) is 0 Å². The molecule has 0 spiro atoms. The Balaban J connectivity index is 1.97. The highest BCUT2D eigenvalue weighted by atomic mass is 32.2. The molecule has 0 aromatic carbocycles. The molecule has 0 N–H and O–H groups in total. The minimum Gasteiger partial charge on any atom is -0.617 e. The molecule has 1 fully saturated rings. The summed E-state index contributed by atoms with van der Waals surface area (Å²) in [6.07, 6.45) is 4.41. The quantitative estimate of drug-likeness (QED) is 0.491. The van der Waals surface area contributed by atoms with Gasteiger partial charge in [0.05, 0.1) is 6.26 Å². The van der Waals surface area contributed by atoms with Gasteiger partial charge in [-0.25, -0.2) is 0 Å². The van der Waals surface area contributed by atoms with Crippen molar-refractivity contribution in [1.82, 2.24) is 0 Å². The first kappa shape index (κ1) is 5.45. The Bertz CT molecular complexity index is 59.1. The topological polar surface area (TPSA) is 23.1 Å². The van der Waals surface area contributed by atoms with E-state index >= 15 is 0 Å². The van der Waals surface area contributed by atoms with E-state index in [2.05, 4.69) is 0 Å². The second kappa shape index (κ2) is 2.05. The molecule has 1 rings (SSSR count). The van der Waals surface area contributed by atoms with Crippen LogP contribution >= 0.6 is 0 Å². The molecular formula is C5H10OS. The standard InChI is InChI=1S/C5H10OS/c1-7(6)4-5-2-3-5/h5H,2-4H2,1H3. The van der Waals surface area contributed by atoms with Crippen molar-refractivity contribution < 1.29 is 4.55 Å². The molecule has 0 heterocycles. The molecule has 1 unspecified atom stereocenters. The third-order valence-corrected chi connectivity index (χ3v) is 2.11. The van der Waals surface area contributed by atoms with Gasteiger partial charge in [-0.05, 0) is 12.8 Å². The summed E-state index contributed by atoms with van der Waals surface area (Å²) < 4.78 is 10.4. The van der Waals surface area contributed by atoms with Crippen molar-refractivity contribution >= 4 is 11.2 Å². The van der Waals surface area contributed by atoms with Gasteiger partial charge in [-0.3, -0.25) is 0 Å². The second-order valence-corrected chi connectivity index (χ2v) is 3.66. The van der Waals surface area contributed by atoms with Crippen molar-refractivity contribution in [3.8, 4) is 0 Å². The lowest BCUT2D eigenvalue weighted by atomic mass is 10.5. The molecule has 0 amide bonds. The number of hydrogen-bond acceptors (Lipinski definition) is 1. The van der Waals surface area contributed by atoms with E-state index in [-0.39, 0.29) is 0 Å². The first-order valence-electron chi connectivity index (χ1n) is 2.59. The average molecular weight is 118 g/mol. The fourth-order valence-corrected chi connectivity index (χ4v) is 1.61. The maximum absolute atomic E-state index is 10.4. The summed E-state index contributed by atoms with van der Waals surface area (Å²) in [7, 11) is 0. The monoisotopic (exact) mass is 118 g/mol. The van der Waals surface area contributed by atoms with Gasteiger partial charge in [-0.2, -0.15) is 0 Å². The van der Waals surface area contributed by atoms with Crippen LogP contribution in [0.1, 0.15) is 12.8 Å². The fraction of sp³-hybridized carbons (Fsp3) is 1.00. The largest absolute Gasteiger partial charge is 0.617 e. The molecule has 1 aliphatic rings. The average Bonchev–Trinajstić information content (AvgIpc) is 2.17. The van der Waals surface area contributed by atoms with E-state index < -0.39 is 11.2 Å². The van der Waals surface area contributed by atoms with E-state index in [1.54, 1.807) is 6.26 Å². The van der Waals surface area contributed by atoms with Crippen molar-refractivity contribution in [2.75, 3.05) is 12.0 Å². The van der Waals surface area contributed by atoms with Crippen LogP contribution in [0.25, 0.3) is 0 Å². The Morgan fingerprint density at radius 3 is 2.43 bits per heavy atom. The van der Waals surface area contributed by atoms with E-state index in [4.69, 9.17) is 0 Å². The third kappa shape index (κ3) is 2.19. The van der Waals surface area contributed by atoms with Gasteiger partial charge in [0.25, 0.3) is 0 Å². The Hall–Kier alpha value is 0.310. The molecular weight excluding hydrogens is 108 g/mol. The summed E-state index contributed by atoms with van der Waals surface area (Å²) in [4.78, 5) is 0. The van der Waals surface area contributed by atoms with Gasteiger partial charge in [0, 0.05) is 5.92 Å². The van der Waals surface area contributed by atoms with E-state index in [9.17, 15) is 4.55 Å². The first-order chi connectivity index (χ1) is 3.29. The molecule has 0 saturated heterocycles. The normalized spacial score (nSPS) is 24.9. The molecule has 0 aromatic heterocycles. The SMILES string of the molecule is C[S+]([O-])CC1CC1. The summed E-state index contributed by atoms with van der Waals surface area (Å²) in [6.45, 7) is 0. The predicted octanol–water partition coefficient (Wildman–Crippen LogP) is 0.775. The maximum Gasteiger partial charge on any atom is 0.108 e. The van der Waals surface area contributed by atoms with Crippen LogP contribution in [-0.2, 0) is 11.2 Å². The summed E-state index contributed by atoms with van der Waals surface area (Å²) in [5.41, 5.74) is 0. The molecule has 0 aromatic rings. The van der Waals surface area contributed by atoms with Gasteiger partial charge < -0.3 is 4.55 Å². The maximum atomic E-state index is 10.4. The highest BCUT2D eigenvalue weighted by Gasteiger charge is 2.24. The predicted molar refractivity (Wildman–Crippen MR) is 31.7 cm³/mol. The molecule has 1 aliphatic carbocycles. The molecule has 1 saturated carbocycles. The highest BCUT2D eigenvalue weighted by Crippen LogP contribution is 2.29. The highest BCUT2D eigenvalue weighted by molar-refractivity contribution is 7.90. The van der Waals surface area contributed by atoms with Crippen molar-refractivity contribution in [1.29, 1.82) is 0 Å². The smallest absolute Gasteiger partial charge is 0.108 e. The van der Waals surface area contributed by atoms with Crippen molar-refractivity contribution in [3.63, 3.8) is 0 Å². The van der Waals surface area contributed by atoms with Crippen LogP contribution in [0.2, 0.25) is 0 Å². The number of hydrogen-bond donors (Lipinski definition) is 0. The lowest BCUT2D eigenvalue weighted by molar-refractivity contribution is 0.597. The zero-order valence-electron chi connectivity index (χ0n) is 4.52. The Morgan fingerprint density at radius 1 is 1.71 bits per heavy atom. The summed E-state index contributed by atoms with van der Waals surface area (Å²) in [5, 5.41) is 0. The van der Waals surface area contributed by atoms with Crippen LogP contribution in [0.4, 0.5) is 0 Å². The fourth-order valence-electron chi connectivity index (χ4n) is 0.616. The van der Waals surface area contributed by atoms with E-state index in [0.29, 0.717) is 0 Å². The van der Waals surface area contributed by atoms with E-state index in [0.717, 1.165) is 11.7 Å². The molecule has 2 heteroatoms. The molecule has 0 aliphatic heterocycles. The molecule has 1 nitrogen and oxygen atoms in total. The molecule has 0 radical (unpaired) electrons. The van der Waals surface area contributed by atoms with Crippen LogP contribution in [0, 0.1) is 5.92 Å².